The summed E-state index contributed by atoms with van der Waals surface area (Å²) < 4.78 is 5.57. The molecule has 0 bridgehead atoms. The lowest BCUT2D eigenvalue weighted by Crippen LogP contribution is -2.50. The largest absolute Gasteiger partial charge is 0.494 e. The molecule has 0 aliphatic rings. The highest BCUT2D eigenvalue weighted by molar-refractivity contribution is 5.86. The molecule has 0 radical (unpaired) electrons. The molecule has 4 nitrogen and oxygen atoms in total. The maximum atomic E-state index is 11.8. The fraction of sp³-hybridized carbons (Fsp3) is 0.500. The van der Waals surface area contributed by atoms with Crippen LogP contribution in [-0.2, 0) is 10.3 Å². The van der Waals surface area contributed by atoms with E-state index in [0.717, 1.165) is 18.5 Å². The first kappa shape index (κ1) is 14.5. The quantitative estimate of drug-likeness (QED) is 0.775. The molecule has 1 aromatic carbocycles. The molecule has 0 spiro atoms. The average molecular weight is 250 g/mol. The molecule has 1 rings (SSSR count). The molecule has 1 unspecified atom stereocenters. The number of hydrogen-bond acceptors (Lipinski definition) is 3. The highest BCUT2D eigenvalue weighted by Gasteiger charge is 2.34. The fourth-order valence-electron chi connectivity index (χ4n) is 1.85. The summed E-state index contributed by atoms with van der Waals surface area (Å²) in [5.74, 6) is 0.299. The fourth-order valence-corrected chi connectivity index (χ4v) is 1.85. The van der Waals surface area contributed by atoms with Gasteiger partial charge < -0.3 is 10.5 Å². The van der Waals surface area contributed by atoms with Gasteiger partial charge in [-0.3, -0.25) is 10.1 Å². The monoisotopic (exact) mass is 250 g/mol. The van der Waals surface area contributed by atoms with Crippen molar-refractivity contribution in [1.29, 1.82) is 0 Å². The molecule has 1 amide bonds. The van der Waals surface area contributed by atoms with Crippen molar-refractivity contribution in [2.45, 2.75) is 32.7 Å². The van der Waals surface area contributed by atoms with Crippen LogP contribution in [0, 0.1) is 0 Å². The molecule has 3 N–H and O–H groups in total. The molecule has 0 heterocycles. The molecule has 100 valence electrons. The van der Waals surface area contributed by atoms with Gasteiger partial charge in [-0.25, -0.2) is 0 Å². The molecular weight excluding hydrogens is 228 g/mol. The number of primary amides is 1. The van der Waals surface area contributed by atoms with Gasteiger partial charge in [0.25, 0.3) is 0 Å². The predicted molar refractivity (Wildman–Crippen MR) is 72.5 cm³/mol. The zero-order valence-corrected chi connectivity index (χ0v) is 11.3. The van der Waals surface area contributed by atoms with E-state index in [1.165, 1.54) is 0 Å². The van der Waals surface area contributed by atoms with Crippen molar-refractivity contribution >= 4 is 5.91 Å². The van der Waals surface area contributed by atoms with E-state index in [1.54, 1.807) is 6.92 Å². The first-order valence-electron chi connectivity index (χ1n) is 6.33. The number of hydrogen-bond donors (Lipinski definition) is 2. The molecule has 1 aromatic rings. The van der Waals surface area contributed by atoms with Crippen molar-refractivity contribution in [1.82, 2.24) is 5.32 Å². The molecule has 0 aliphatic carbocycles. The van der Waals surface area contributed by atoms with E-state index in [9.17, 15) is 4.79 Å². The van der Waals surface area contributed by atoms with Crippen molar-refractivity contribution in [2.75, 3.05) is 13.2 Å². The Morgan fingerprint density at radius 1 is 1.39 bits per heavy atom. The van der Waals surface area contributed by atoms with Crippen molar-refractivity contribution < 1.29 is 9.53 Å². The van der Waals surface area contributed by atoms with Gasteiger partial charge in [0.2, 0.25) is 5.91 Å². The maximum absolute atomic E-state index is 11.8. The first-order chi connectivity index (χ1) is 8.56. The Hall–Kier alpha value is -1.55. The molecule has 18 heavy (non-hydrogen) atoms. The number of rotatable bonds is 7. The van der Waals surface area contributed by atoms with Crippen LogP contribution in [0.4, 0.5) is 0 Å². The minimum Gasteiger partial charge on any atom is -0.494 e. The average Bonchev–Trinajstić information content (AvgIpc) is 2.36. The summed E-state index contributed by atoms with van der Waals surface area (Å²) in [5, 5.41) is 3.21. The van der Waals surface area contributed by atoms with Crippen molar-refractivity contribution in [3.8, 4) is 5.75 Å². The Kier molecular flexibility index (Phi) is 5.16. The summed E-state index contributed by atoms with van der Waals surface area (Å²) >= 11 is 0. The van der Waals surface area contributed by atoms with Crippen molar-refractivity contribution in [2.24, 2.45) is 5.73 Å². The van der Waals surface area contributed by atoms with E-state index in [-0.39, 0.29) is 0 Å². The molecule has 4 heteroatoms. The van der Waals surface area contributed by atoms with E-state index >= 15 is 0 Å². The Morgan fingerprint density at radius 3 is 2.61 bits per heavy atom. The number of nitrogens with two attached hydrogens (primary N) is 1. The van der Waals surface area contributed by atoms with Gasteiger partial charge in [0.15, 0.2) is 0 Å². The van der Waals surface area contributed by atoms with Crippen molar-refractivity contribution in [3.05, 3.63) is 29.8 Å². The Labute approximate surface area is 109 Å². The summed E-state index contributed by atoms with van der Waals surface area (Å²) in [6, 6.07) is 7.49. The smallest absolute Gasteiger partial charge is 0.242 e. The number of carbonyl (C=O) groups excluding carboxylic acids is 1. The standard InChI is InChI=1S/C14H22N2O2/c1-4-10-16-14(3,13(15)17)11-8-6-7-9-12(11)18-5-2/h6-9,16H,4-5,10H2,1-3H3,(H2,15,17). The number of benzene rings is 1. The van der Waals surface area contributed by atoms with Crippen LogP contribution in [0.5, 0.6) is 5.75 Å². The van der Waals surface area contributed by atoms with Gasteiger partial charge in [0.1, 0.15) is 11.3 Å². The van der Waals surface area contributed by atoms with Crippen LogP contribution in [0.2, 0.25) is 0 Å². The third-order valence-electron chi connectivity index (χ3n) is 2.95. The molecular formula is C14H22N2O2. The van der Waals surface area contributed by atoms with Crippen LogP contribution >= 0.6 is 0 Å². The highest BCUT2D eigenvalue weighted by atomic mass is 16.5. The number of ether oxygens (including phenoxy) is 1. The minimum absolute atomic E-state index is 0.400. The van der Waals surface area contributed by atoms with E-state index in [2.05, 4.69) is 5.32 Å². The third-order valence-corrected chi connectivity index (χ3v) is 2.95. The van der Waals surface area contributed by atoms with Gasteiger partial charge in [-0.15, -0.1) is 0 Å². The number of carbonyl (C=O) groups is 1. The van der Waals surface area contributed by atoms with E-state index < -0.39 is 11.4 Å². The van der Waals surface area contributed by atoms with Gasteiger partial charge in [-0.2, -0.15) is 0 Å². The SMILES string of the molecule is CCCNC(C)(C(N)=O)c1ccccc1OCC. The summed E-state index contributed by atoms with van der Waals surface area (Å²) in [7, 11) is 0. The second kappa shape index (κ2) is 6.40. The summed E-state index contributed by atoms with van der Waals surface area (Å²) in [4.78, 5) is 11.8. The van der Waals surface area contributed by atoms with Gasteiger partial charge in [0, 0.05) is 5.56 Å². The molecule has 1 atom stereocenters. The van der Waals surface area contributed by atoms with Crippen molar-refractivity contribution in [3.63, 3.8) is 0 Å². The number of para-hydroxylation sites is 1. The van der Waals surface area contributed by atoms with E-state index in [4.69, 9.17) is 10.5 Å². The Morgan fingerprint density at radius 2 is 2.06 bits per heavy atom. The lowest BCUT2D eigenvalue weighted by Gasteiger charge is -2.29. The zero-order valence-electron chi connectivity index (χ0n) is 11.3. The Balaban J connectivity index is 3.16. The van der Waals surface area contributed by atoms with Crippen LogP contribution < -0.4 is 15.8 Å². The van der Waals surface area contributed by atoms with Crippen LogP contribution in [0.15, 0.2) is 24.3 Å². The zero-order chi connectivity index (χ0) is 13.6. The van der Waals surface area contributed by atoms with Crippen LogP contribution in [-0.4, -0.2) is 19.1 Å². The molecule has 0 fully saturated rings. The highest BCUT2D eigenvalue weighted by Crippen LogP contribution is 2.29. The normalized spacial score (nSPS) is 13.9. The number of nitrogens with one attached hydrogen (secondary N) is 1. The van der Waals surface area contributed by atoms with E-state index in [0.29, 0.717) is 12.4 Å². The van der Waals surface area contributed by atoms with E-state index in [1.807, 2.05) is 38.1 Å². The second-order valence-electron chi connectivity index (χ2n) is 4.35. The molecule has 0 aliphatic heterocycles. The molecule has 0 aromatic heterocycles. The van der Waals surface area contributed by atoms with Gasteiger partial charge in [0.05, 0.1) is 6.61 Å². The summed E-state index contributed by atoms with van der Waals surface area (Å²) in [5.41, 5.74) is 5.44. The lowest BCUT2D eigenvalue weighted by molar-refractivity contribution is -0.124. The van der Waals surface area contributed by atoms with Gasteiger partial charge in [-0.05, 0) is 32.9 Å². The third kappa shape index (κ3) is 3.01. The molecule has 0 saturated carbocycles. The minimum atomic E-state index is -0.901. The first-order valence-corrected chi connectivity index (χ1v) is 6.33. The van der Waals surface area contributed by atoms with Crippen LogP contribution in [0.3, 0.4) is 0 Å². The summed E-state index contributed by atoms with van der Waals surface area (Å²) in [6.07, 6.45) is 0.930. The second-order valence-corrected chi connectivity index (χ2v) is 4.35. The lowest BCUT2D eigenvalue weighted by atomic mass is 9.90. The Bertz CT molecular complexity index is 407. The van der Waals surface area contributed by atoms with Crippen LogP contribution in [0.25, 0.3) is 0 Å². The number of amides is 1. The van der Waals surface area contributed by atoms with Gasteiger partial charge in [-0.1, -0.05) is 25.1 Å². The van der Waals surface area contributed by atoms with Gasteiger partial charge >= 0.3 is 0 Å². The van der Waals surface area contributed by atoms with Crippen LogP contribution in [0.1, 0.15) is 32.8 Å². The predicted octanol–water partition coefficient (Wildman–Crippen LogP) is 1.79. The summed E-state index contributed by atoms with van der Waals surface area (Å²) in [6.45, 7) is 7.03. The maximum Gasteiger partial charge on any atom is 0.242 e. The molecule has 0 saturated heterocycles. The topological polar surface area (TPSA) is 64.3 Å².